The number of benzene rings is 1. The summed E-state index contributed by atoms with van der Waals surface area (Å²) in [6.45, 7) is 1.70. The summed E-state index contributed by atoms with van der Waals surface area (Å²) >= 11 is 0. The Kier molecular flexibility index (Phi) is 3.62. The Labute approximate surface area is 112 Å². The van der Waals surface area contributed by atoms with Gasteiger partial charge in [-0.15, -0.1) is 0 Å². The van der Waals surface area contributed by atoms with Gasteiger partial charge in [0.05, 0.1) is 10.6 Å². The highest BCUT2D eigenvalue weighted by Crippen LogP contribution is 2.25. The summed E-state index contributed by atoms with van der Waals surface area (Å²) in [6, 6.07) is 3.87. The highest BCUT2D eigenvalue weighted by Gasteiger charge is 2.18. The Morgan fingerprint density at radius 1 is 1.50 bits per heavy atom. The predicted molar refractivity (Wildman–Crippen MR) is 70.1 cm³/mol. The number of nitrogens with zero attached hydrogens (tertiary/aromatic N) is 2. The number of amides is 1. The number of carbonyl (C=O) groups excluding carboxylic acids is 1. The Hall–Kier alpha value is -2.94. The maximum Gasteiger partial charge on any atom is 0.301 e. The van der Waals surface area contributed by atoms with Crippen LogP contribution in [0.3, 0.4) is 0 Å². The number of rotatable bonds is 4. The van der Waals surface area contributed by atoms with Crippen molar-refractivity contribution in [2.24, 2.45) is 5.84 Å². The first kappa shape index (κ1) is 13.5. The Balaban J connectivity index is 2.26. The van der Waals surface area contributed by atoms with Crippen LogP contribution >= 0.6 is 0 Å². The third kappa shape index (κ3) is 2.72. The molecule has 0 unspecified atom stereocenters. The molecule has 4 N–H and O–H groups in total. The molecule has 1 aromatic heterocycles. The standard InChI is InChI=1S/C11H11N5O4/c1-6-5-20-11(13-6)14-10(17)7-2-3-8(15-12)9(4-7)16(18)19/h2-5,15H,12H2,1H3,(H,13,14,17). The van der Waals surface area contributed by atoms with Gasteiger partial charge in [0, 0.05) is 11.6 Å². The van der Waals surface area contributed by atoms with Crippen molar-refractivity contribution in [3.8, 4) is 0 Å². The summed E-state index contributed by atoms with van der Waals surface area (Å²) in [6.07, 6.45) is 1.37. The maximum atomic E-state index is 11.9. The van der Waals surface area contributed by atoms with Gasteiger partial charge in [-0.05, 0) is 19.1 Å². The number of nitrogens with two attached hydrogens (primary N) is 1. The van der Waals surface area contributed by atoms with E-state index in [1.165, 1.54) is 18.4 Å². The smallest absolute Gasteiger partial charge is 0.301 e. The summed E-state index contributed by atoms with van der Waals surface area (Å²) in [5.74, 6) is 4.59. The molecule has 9 heteroatoms. The average Bonchev–Trinajstić information content (AvgIpc) is 2.83. The SMILES string of the molecule is Cc1coc(NC(=O)c2ccc(NN)c([N+](=O)[O-])c2)n1. The first-order chi connectivity index (χ1) is 9.51. The Morgan fingerprint density at radius 3 is 2.80 bits per heavy atom. The molecular formula is C11H11N5O4. The zero-order valence-electron chi connectivity index (χ0n) is 10.4. The maximum absolute atomic E-state index is 11.9. The zero-order chi connectivity index (χ0) is 14.7. The van der Waals surface area contributed by atoms with E-state index in [2.05, 4.69) is 15.7 Å². The minimum Gasteiger partial charge on any atom is -0.432 e. The van der Waals surface area contributed by atoms with E-state index in [1.54, 1.807) is 6.92 Å². The quantitative estimate of drug-likeness (QED) is 0.436. The van der Waals surface area contributed by atoms with Gasteiger partial charge >= 0.3 is 6.01 Å². The number of aryl methyl sites for hydroxylation is 1. The first-order valence-electron chi connectivity index (χ1n) is 5.50. The second-order valence-corrected chi connectivity index (χ2v) is 3.88. The molecule has 2 aromatic rings. The molecule has 20 heavy (non-hydrogen) atoms. The minimum atomic E-state index is -0.638. The van der Waals surface area contributed by atoms with E-state index in [4.69, 9.17) is 10.3 Å². The predicted octanol–water partition coefficient (Wildman–Crippen LogP) is 1.43. The fourth-order valence-electron chi connectivity index (χ4n) is 1.53. The molecule has 0 saturated carbocycles. The van der Waals surface area contributed by atoms with Crippen LogP contribution in [0.1, 0.15) is 16.1 Å². The van der Waals surface area contributed by atoms with Gasteiger partial charge in [-0.25, -0.2) is 0 Å². The van der Waals surface area contributed by atoms with E-state index < -0.39 is 10.8 Å². The molecule has 0 fully saturated rings. The number of nitrogen functional groups attached to an aromatic ring is 1. The van der Waals surface area contributed by atoms with Gasteiger partial charge in [0.1, 0.15) is 12.0 Å². The fourth-order valence-corrected chi connectivity index (χ4v) is 1.53. The largest absolute Gasteiger partial charge is 0.432 e. The van der Waals surface area contributed by atoms with E-state index in [0.29, 0.717) is 5.69 Å². The van der Waals surface area contributed by atoms with E-state index in [9.17, 15) is 14.9 Å². The summed E-state index contributed by atoms with van der Waals surface area (Å²) in [5.41, 5.74) is 2.69. The molecule has 0 bridgehead atoms. The summed E-state index contributed by atoms with van der Waals surface area (Å²) in [7, 11) is 0. The molecule has 2 rings (SSSR count). The molecule has 0 radical (unpaired) electrons. The number of nitro benzene ring substituents is 1. The van der Waals surface area contributed by atoms with Crippen molar-refractivity contribution in [2.45, 2.75) is 6.92 Å². The van der Waals surface area contributed by atoms with Crippen LogP contribution in [0.4, 0.5) is 17.4 Å². The summed E-state index contributed by atoms with van der Waals surface area (Å²) in [5, 5.41) is 13.3. The second-order valence-electron chi connectivity index (χ2n) is 3.88. The summed E-state index contributed by atoms with van der Waals surface area (Å²) < 4.78 is 4.97. The van der Waals surface area contributed by atoms with E-state index in [-0.39, 0.29) is 23.0 Å². The van der Waals surface area contributed by atoms with Gasteiger partial charge in [-0.2, -0.15) is 4.98 Å². The normalized spacial score (nSPS) is 10.1. The molecule has 0 aliphatic heterocycles. The van der Waals surface area contributed by atoms with Crippen LogP contribution in [0.15, 0.2) is 28.9 Å². The number of carbonyl (C=O) groups is 1. The van der Waals surface area contributed by atoms with Gasteiger partial charge in [-0.3, -0.25) is 26.1 Å². The second kappa shape index (κ2) is 5.36. The minimum absolute atomic E-state index is 0.0242. The van der Waals surface area contributed by atoms with Crippen molar-refractivity contribution in [1.29, 1.82) is 0 Å². The van der Waals surface area contributed by atoms with Crippen LogP contribution in [0.5, 0.6) is 0 Å². The molecule has 0 atom stereocenters. The van der Waals surface area contributed by atoms with Crippen LogP contribution in [-0.2, 0) is 0 Å². The van der Waals surface area contributed by atoms with Crippen molar-refractivity contribution in [1.82, 2.24) is 4.98 Å². The van der Waals surface area contributed by atoms with Crippen LogP contribution in [0, 0.1) is 17.0 Å². The van der Waals surface area contributed by atoms with Gasteiger partial charge < -0.3 is 9.84 Å². The molecule has 104 valence electrons. The van der Waals surface area contributed by atoms with Crippen LogP contribution in [-0.4, -0.2) is 15.8 Å². The monoisotopic (exact) mass is 277 g/mol. The average molecular weight is 277 g/mol. The Morgan fingerprint density at radius 2 is 2.25 bits per heavy atom. The fraction of sp³-hybridized carbons (Fsp3) is 0.0909. The molecule has 1 heterocycles. The zero-order valence-corrected chi connectivity index (χ0v) is 10.4. The number of aromatic nitrogens is 1. The number of hydrazine groups is 1. The van der Waals surface area contributed by atoms with Gasteiger partial charge in [-0.1, -0.05) is 0 Å². The first-order valence-corrected chi connectivity index (χ1v) is 5.50. The highest BCUT2D eigenvalue weighted by atomic mass is 16.6. The molecule has 1 aromatic carbocycles. The number of nitrogens with one attached hydrogen (secondary N) is 2. The number of anilines is 2. The van der Waals surface area contributed by atoms with E-state index >= 15 is 0 Å². The van der Waals surface area contributed by atoms with Gasteiger partial charge in [0.2, 0.25) is 0 Å². The van der Waals surface area contributed by atoms with Crippen molar-refractivity contribution >= 4 is 23.3 Å². The molecule has 9 nitrogen and oxygen atoms in total. The highest BCUT2D eigenvalue weighted by molar-refractivity contribution is 6.04. The summed E-state index contributed by atoms with van der Waals surface area (Å²) in [4.78, 5) is 26.0. The van der Waals surface area contributed by atoms with Crippen molar-refractivity contribution in [3.63, 3.8) is 0 Å². The van der Waals surface area contributed by atoms with Crippen LogP contribution in [0.2, 0.25) is 0 Å². The third-order valence-electron chi connectivity index (χ3n) is 2.45. The lowest BCUT2D eigenvalue weighted by Crippen LogP contribution is -2.14. The van der Waals surface area contributed by atoms with Crippen LogP contribution in [0.25, 0.3) is 0 Å². The molecular weight excluding hydrogens is 266 g/mol. The number of oxazole rings is 1. The van der Waals surface area contributed by atoms with Gasteiger partial charge in [0.15, 0.2) is 0 Å². The topological polar surface area (TPSA) is 136 Å². The van der Waals surface area contributed by atoms with Crippen LogP contribution < -0.4 is 16.6 Å². The molecule has 0 saturated heterocycles. The number of nitro groups is 1. The number of hydrogen-bond acceptors (Lipinski definition) is 7. The van der Waals surface area contributed by atoms with Crippen molar-refractivity contribution < 1.29 is 14.1 Å². The lowest BCUT2D eigenvalue weighted by atomic mass is 10.1. The molecule has 0 aliphatic rings. The molecule has 0 aliphatic carbocycles. The van der Waals surface area contributed by atoms with E-state index in [1.807, 2.05) is 0 Å². The lowest BCUT2D eigenvalue weighted by molar-refractivity contribution is -0.384. The molecule has 1 amide bonds. The van der Waals surface area contributed by atoms with E-state index in [0.717, 1.165) is 6.07 Å². The van der Waals surface area contributed by atoms with Crippen molar-refractivity contribution in [3.05, 3.63) is 45.8 Å². The Bertz CT molecular complexity index is 667. The number of hydrogen-bond donors (Lipinski definition) is 3. The van der Waals surface area contributed by atoms with Crippen molar-refractivity contribution in [2.75, 3.05) is 10.7 Å². The third-order valence-corrected chi connectivity index (χ3v) is 2.45. The van der Waals surface area contributed by atoms with Gasteiger partial charge in [0.25, 0.3) is 11.6 Å². The lowest BCUT2D eigenvalue weighted by Gasteiger charge is -2.04. The molecule has 0 spiro atoms.